The molecule has 1 aromatic rings. The lowest BCUT2D eigenvalue weighted by Gasteiger charge is -2.61. The quantitative estimate of drug-likeness (QED) is 0.548. The Balaban J connectivity index is 1.00. The number of carbonyl (C=O) groups is 1. The van der Waals surface area contributed by atoms with Crippen LogP contribution in [0.4, 0.5) is 4.79 Å². The Bertz CT molecular complexity index is 1110. The zero-order chi connectivity index (χ0) is 26.1. The second-order valence-electron chi connectivity index (χ2n) is 13.9. The minimum atomic E-state index is -0.271. The van der Waals surface area contributed by atoms with E-state index in [1.807, 2.05) is 6.07 Å². The summed E-state index contributed by atoms with van der Waals surface area (Å²) in [6.07, 6.45) is 14.0. The van der Waals surface area contributed by atoms with Crippen LogP contribution in [0, 0.1) is 28.6 Å². The van der Waals surface area contributed by atoms with Crippen LogP contribution in [-0.2, 0) is 4.74 Å². The first-order valence-electron chi connectivity index (χ1n) is 15.4. The summed E-state index contributed by atoms with van der Waals surface area (Å²) < 4.78 is 12.0. The average Bonchev–Trinajstić information content (AvgIpc) is 3.24. The van der Waals surface area contributed by atoms with Crippen molar-refractivity contribution in [3.05, 3.63) is 34.4 Å². The van der Waals surface area contributed by atoms with Gasteiger partial charge in [0.2, 0.25) is 0 Å². The third-order valence-corrected chi connectivity index (χ3v) is 12.5. The molecule has 9 atom stereocenters. The molecule has 0 unspecified atom stereocenters. The highest BCUT2D eigenvalue weighted by Gasteiger charge is 2.80. The minimum Gasteiger partial charge on any atom is -0.431 e. The molecule has 2 N–H and O–H groups in total. The Labute approximate surface area is 226 Å². The minimum absolute atomic E-state index is 0.00494. The summed E-state index contributed by atoms with van der Waals surface area (Å²) >= 11 is 0. The predicted octanol–water partition coefficient (Wildman–Crippen LogP) is 4.66. The van der Waals surface area contributed by atoms with Crippen molar-refractivity contribution in [1.82, 2.24) is 15.5 Å². The molecule has 7 nitrogen and oxygen atoms in total. The maximum Gasteiger partial charge on any atom is 0.335 e. The normalized spacial score (nSPS) is 45.4. The van der Waals surface area contributed by atoms with Gasteiger partial charge in [0, 0.05) is 30.6 Å². The van der Waals surface area contributed by atoms with Crippen LogP contribution in [0.2, 0.25) is 0 Å². The second-order valence-corrected chi connectivity index (χ2v) is 13.9. The molecule has 208 valence electrons. The van der Waals surface area contributed by atoms with E-state index >= 15 is 0 Å². The fraction of sp³-hybridized carbons (Fsp3) is 0.806. The number of carbonyl (C=O) groups excluding carboxylic acids is 1. The summed E-state index contributed by atoms with van der Waals surface area (Å²) in [6.45, 7) is 9.07. The van der Waals surface area contributed by atoms with Crippen LogP contribution in [0.25, 0.3) is 0 Å². The molecule has 4 aliphatic carbocycles. The Morgan fingerprint density at radius 1 is 1.05 bits per heavy atom. The van der Waals surface area contributed by atoms with E-state index in [0.29, 0.717) is 35.2 Å². The van der Waals surface area contributed by atoms with Gasteiger partial charge < -0.3 is 24.7 Å². The van der Waals surface area contributed by atoms with Crippen LogP contribution in [0.3, 0.4) is 0 Å². The third kappa shape index (κ3) is 3.74. The highest BCUT2D eigenvalue weighted by molar-refractivity contribution is 5.74. The van der Waals surface area contributed by atoms with Gasteiger partial charge >= 0.3 is 11.7 Å². The van der Waals surface area contributed by atoms with Gasteiger partial charge in [0.25, 0.3) is 0 Å². The molecule has 6 fully saturated rings. The third-order valence-electron chi connectivity index (χ3n) is 12.5. The summed E-state index contributed by atoms with van der Waals surface area (Å²) in [7, 11) is 0. The lowest BCUT2D eigenvalue weighted by Crippen LogP contribution is -2.59. The van der Waals surface area contributed by atoms with E-state index in [1.54, 1.807) is 12.3 Å². The van der Waals surface area contributed by atoms with Crippen LogP contribution in [0.15, 0.2) is 27.6 Å². The number of amides is 2. The van der Waals surface area contributed by atoms with Gasteiger partial charge in [0.05, 0.1) is 12.4 Å². The molecular formula is C31H45N3O4. The average molecular weight is 524 g/mol. The Morgan fingerprint density at radius 2 is 1.89 bits per heavy atom. The SMILES string of the molecule is C[C@]12CC[C@H](NC(=O)NCCN3CCCC3)C[C@H]1CC[C@@H]1[C@@H]2CC[C@]2(C)[C@@H](c3ccc(=O)oc3)C[C@H]3O[C@]132. The summed E-state index contributed by atoms with van der Waals surface area (Å²) in [4.78, 5) is 26.7. The molecule has 3 heterocycles. The summed E-state index contributed by atoms with van der Waals surface area (Å²) in [5, 5.41) is 6.44. The number of nitrogens with zero attached hydrogens (tertiary/aromatic N) is 1. The van der Waals surface area contributed by atoms with Gasteiger partial charge in [-0.3, -0.25) is 0 Å². The summed E-state index contributed by atoms with van der Waals surface area (Å²) in [5.74, 6) is 2.39. The number of likely N-dealkylation sites (tertiary alicyclic amines) is 1. The number of hydrogen-bond acceptors (Lipinski definition) is 5. The first kappa shape index (κ1) is 25.1. The highest BCUT2D eigenvalue weighted by Crippen LogP contribution is 2.77. The first-order valence-corrected chi connectivity index (χ1v) is 15.4. The van der Waals surface area contributed by atoms with Gasteiger partial charge in [-0.05, 0) is 118 Å². The molecule has 0 radical (unpaired) electrons. The van der Waals surface area contributed by atoms with Gasteiger partial charge in [-0.15, -0.1) is 0 Å². The van der Waals surface area contributed by atoms with Crippen molar-refractivity contribution < 1.29 is 13.9 Å². The van der Waals surface area contributed by atoms with Crippen LogP contribution >= 0.6 is 0 Å². The van der Waals surface area contributed by atoms with Gasteiger partial charge in [-0.1, -0.05) is 13.8 Å². The van der Waals surface area contributed by atoms with E-state index in [0.717, 1.165) is 32.4 Å². The lowest BCUT2D eigenvalue weighted by atomic mass is 9.44. The van der Waals surface area contributed by atoms with Crippen LogP contribution in [-0.4, -0.2) is 54.9 Å². The Kier molecular flexibility index (Phi) is 6.01. The smallest absolute Gasteiger partial charge is 0.335 e. The molecule has 2 aliphatic heterocycles. The zero-order valence-corrected chi connectivity index (χ0v) is 23.2. The summed E-state index contributed by atoms with van der Waals surface area (Å²) in [5.41, 5.74) is 1.33. The fourth-order valence-electron chi connectivity index (χ4n) is 10.5. The molecule has 0 bridgehead atoms. The van der Waals surface area contributed by atoms with Crippen molar-refractivity contribution in [3.63, 3.8) is 0 Å². The van der Waals surface area contributed by atoms with Crippen LogP contribution in [0.1, 0.15) is 89.5 Å². The van der Waals surface area contributed by atoms with E-state index < -0.39 is 0 Å². The number of rotatable bonds is 5. The van der Waals surface area contributed by atoms with Crippen LogP contribution in [0.5, 0.6) is 0 Å². The van der Waals surface area contributed by atoms with Crippen molar-refractivity contribution in [2.24, 2.45) is 28.6 Å². The number of nitrogens with one attached hydrogen (secondary N) is 2. The highest BCUT2D eigenvalue weighted by atomic mass is 16.6. The van der Waals surface area contributed by atoms with Gasteiger partial charge in [-0.2, -0.15) is 0 Å². The molecule has 1 spiro atoms. The number of hydrogen-bond donors (Lipinski definition) is 2. The van der Waals surface area contributed by atoms with Crippen molar-refractivity contribution in [3.8, 4) is 0 Å². The predicted molar refractivity (Wildman–Crippen MR) is 145 cm³/mol. The van der Waals surface area contributed by atoms with E-state index in [4.69, 9.17) is 9.15 Å². The molecule has 4 saturated carbocycles. The van der Waals surface area contributed by atoms with Crippen LogP contribution < -0.4 is 16.3 Å². The lowest BCUT2D eigenvalue weighted by molar-refractivity contribution is -0.129. The van der Waals surface area contributed by atoms with Crippen molar-refractivity contribution in [2.45, 2.75) is 102 Å². The van der Waals surface area contributed by atoms with E-state index in [-0.39, 0.29) is 28.7 Å². The fourth-order valence-corrected chi connectivity index (χ4v) is 10.5. The molecule has 2 saturated heterocycles. The summed E-state index contributed by atoms with van der Waals surface area (Å²) in [6, 6.07) is 3.87. The van der Waals surface area contributed by atoms with Crippen molar-refractivity contribution >= 4 is 6.03 Å². The standard InChI is InChI=1S/C31H45N3O4/c1-29-11-9-22(33-28(36)32-13-16-34-14-3-4-15-34)17-21(29)6-7-24-23(29)10-12-30(2)25(18-26-31(24,30)38-26)20-5-8-27(35)37-19-20/h5,8,19,21-26H,3-4,6-7,9-18H2,1-2H3,(H2,32,33,36)/t21-,22+,23+,24-,25-,26-,29+,30-,31-/m1/s1. The van der Waals surface area contributed by atoms with E-state index in [2.05, 4.69) is 29.4 Å². The van der Waals surface area contributed by atoms with E-state index in [9.17, 15) is 9.59 Å². The van der Waals surface area contributed by atoms with Gasteiger partial charge in [0.1, 0.15) is 5.60 Å². The monoisotopic (exact) mass is 523 g/mol. The number of fused-ring (bicyclic) bond motifs is 3. The molecule has 0 aromatic carbocycles. The Morgan fingerprint density at radius 3 is 2.68 bits per heavy atom. The maximum absolute atomic E-state index is 12.6. The van der Waals surface area contributed by atoms with Crippen molar-refractivity contribution in [2.75, 3.05) is 26.2 Å². The number of epoxide rings is 1. The van der Waals surface area contributed by atoms with Crippen molar-refractivity contribution in [1.29, 1.82) is 0 Å². The molecule has 6 aliphatic rings. The molecule has 2 amide bonds. The Hall–Kier alpha value is -1.86. The molecule has 7 rings (SSSR count). The largest absolute Gasteiger partial charge is 0.431 e. The molecule has 7 heteroatoms. The topological polar surface area (TPSA) is 87.1 Å². The number of ether oxygens (including phenoxy) is 1. The van der Waals surface area contributed by atoms with E-state index in [1.165, 1.54) is 63.6 Å². The first-order chi connectivity index (χ1) is 18.3. The second kappa shape index (κ2) is 9.09. The zero-order valence-electron chi connectivity index (χ0n) is 23.2. The van der Waals surface area contributed by atoms with Gasteiger partial charge in [0.15, 0.2) is 0 Å². The number of urea groups is 1. The molecular weight excluding hydrogens is 478 g/mol. The maximum atomic E-state index is 12.6. The molecule has 38 heavy (non-hydrogen) atoms. The van der Waals surface area contributed by atoms with Gasteiger partial charge in [-0.25, -0.2) is 9.59 Å². The molecule has 1 aromatic heterocycles.